The van der Waals surface area contributed by atoms with E-state index in [1.165, 1.54) is 0 Å². The first-order valence-electron chi connectivity index (χ1n) is 4.44. The maximum atomic E-state index is 11.0. The van der Waals surface area contributed by atoms with Crippen molar-refractivity contribution in [3.8, 4) is 0 Å². The molecule has 2 atom stereocenters. The zero-order valence-corrected chi connectivity index (χ0v) is 6.99. The first kappa shape index (κ1) is 8.01. The quantitative estimate of drug-likeness (QED) is 0.487. The Morgan fingerprint density at radius 1 is 1.58 bits per heavy atom. The highest BCUT2D eigenvalue weighted by atomic mass is 16.3. The van der Waals surface area contributed by atoms with Gasteiger partial charge in [0, 0.05) is 32.1 Å². The van der Waals surface area contributed by atoms with Crippen LogP contribution in [0.1, 0.15) is 12.8 Å². The van der Waals surface area contributed by atoms with Crippen LogP contribution in [0.4, 0.5) is 0 Å². The summed E-state index contributed by atoms with van der Waals surface area (Å²) >= 11 is 0. The number of hydrogen-bond acceptors (Lipinski definition) is 3. The van der Waals surface area contributed by atoms with Gasteiger partial charge in [0.05, 0.1) is 6.10 Å². The molecule has 2 N–H and O–H groups in total. The standard InChI is InChI=1S/C8H14N2O2/c11-7-3-6-4-9-8(12)1-2-10(6)5-7/h6-7,11H,1-5H2,(H,9,12). The zero-order chi connectivity index (χ0) is 8.55. The van der Waals surface area contributed by atoms with Gasteiger partial charge in [0.1, 0.15) is 0 Å². The van der Waals surface area contributed by atoms with Crippen LogP contribution in [-0.2, 0) is 4.79 Å². The summed E-state index contributed by atoms with van der Waals surface area (Å²) in [5, 5.41) is 12.2. The summed E-state index contributed by atoms with van der Waals surface area (Å²) in [7, 11) is 0. The molecule has 2 heterocycles. The monoisotopic (exact) mass is 170 g/mol. The molecule has 0 bridgehead atoms. The molecule has 0 aliphatic carbocycles. The fourth-order valence-corrected chi connectivity index (χ4v) is 2.01. The van der Waals surface area contributed by atoms with Gasteiger partial charge in [-0.05, 0) is 6.42 Å². The Labute approximate surface area is 71.5 Å². The molecule has 0 aromatic heterocycles. The van der Waals surface area contributed by atoms with Crippen LogP contribution in [0.5, 0.6) is 0 Å². The lowest BCUT2D eigenvalue weighted by Gasteiger charge is -2.19. The minimum absolute atomic E-state index is 0.138. The summed E-state index contributed by atoms with van der Waals surface area (Å²) in [6.07, 6.45) is 1.19. The van der Waals surface area contributed by atoms with Crippen molar-refractivity contribution in [3.63, 3.8) is 0 Å². The van der Waals surface area contributed by atoms with Gasteiger partial charge in [0.2, 0.25) is 5.91 Å². The van der Waals surface area contributed by atoms with Gasteiger partial charge in [0.25, 0.3) is 0 Å². The number of rotatable bonds is 0. The average Bonchev–Trinajstić information content (AvgIpc) is 2.31. The molecule has 2 unspecified atom stereocenters. The van der Waals surface area contributed by atoms with E-state index in [-0.39, 0.29) is 12.0 Å². The van der Waals surface area contributed by atoms with Crippen LogP contribution >= 0.6 is 0 Å². The number of carbonyl (C=O) groups is 1. The average molecular weight is 170 g/mol. The second kappa shape index (κ2) is 3.03. The molecular formula is C8H14N2O2. The van der Waals surface area contributed by atoms with Crippen LogP contribution in [-0.4, -0.2) is 47.7 Å². The van der Waals surface area contributed by atoms with Gasteiger partial charge in [-0.1, -0.05) is 0 Å². The van der Waals surface area contributed by atoms with Gasteiger partial charge in [0.15, 0.2) is 0 Å². The van der Waals surface area contributed by atoms with Gasteiger partial charge in [-0.3, -0.25) is 9.69 Å². The van der Waals surface area contributed by atoms with E-state index in [4.69, 9.17) is 0 Å². The minimum atomic E-state index is -0.190. The lowest BCUT2D eigenvalue weighted by atomic mass is 10.2. The van der Waals surface area contributed by atoms with Crippen molar-refractivity contribution in [2.24, 2.45) is 0 Å². The van der Waals surface area contributed by atoms with Crippen molar-refractivity contribution in [1.82, 2.24) is 10.2 Å². The van der Waals surface area contributed by atoms with Crippen LogP contribution in [0.2, 0.25) is 0 Å². The highest BCUT2D eigenvalue weighted by Crippen LogP contribution is 2.18. The lowest BCUT2D eigenvalue weighted by Crippen LogP contribution is -2.34. The van der Waals surface area contributed by atoms with Crippen LogP contribution in [0.15, 0.2) is 0 Å². The second-order valence-electron chi connectivity index (χ2n) is 3.59. The van der Waals surface area contributed by atoms with Crippen molar-refractivity contribution >= 4 is 5.91 Å². The van der Waals surface area contributed by atoms with Crippen molar-refractivity contribution in [2.75, 3.05) is 19.6 Å². The molecule has 0 aromatic carbocycles. The predicted octanol–water partition coefficient (Wildman–Crippen LogP) is -1.06. The third-order valence-corrected chi connectivity index (χ3v) is 2.67. The Morgan fingerprint density at radius 3 is 3.25 bits per heavy atom. The lowest BCUT2D eigenvalue weighted by molar-refractivity contribution is -0.120. The van der Waals surface area contributed by atoms with E-state index in [9.17, 15) is 9.90 Å². The predicted molar refractivity (Wildman–Crippen MR) is 43.6 cm³/mol. The normalized spacial score (nSPS) is 37.2. The molecule has 0 saturated carbocycles. The minimum Gasteiger partial charge on any atom is -0.392 e. The van der Waals surface area contributed by atoms with Gasteiger partial charge in [-0.2, -0.15) is 0 Å². The summed E-state index contributed by atoms with van der Waals surface area (Å²) in [5.41, 5.74) is 0. The maximum Gasteiger partial charge on any atom is 0.221 e. The zero-order valence-electron chi connectivity index (χ0n) is 6.99. The molecule has 0 spiro atoms. The Morgan fingerprint density at radius 2 is 2.42 bits per heavy atom. The maximum absolute atomic E-state index is 11.0. The number of nitrogens with one attached hydrogen (secondary N) is 1. The number of nitrogens with zero attached hydrogens (tertiary/aromatic N) is 1. The van der Waals surface area contributed by atoms with Crippen LogP contribution in [0, 0.1) is 0 Å². The fraction of sp³-hybridized carbons (Fsp3) is 0.875. The fourth-order valence-electron chi connectivity index (χ4n) is 2.01. The summed E-state index contributed by atoms with van der Waals surface area (Å²) in [4.78, 5) is 13.2. The molecular weight excluding hydrogens is 156 g/mol. The summed E-state index contributed by atoms with van der Waals surface area (Å²) in [6.45, 7) is 2.24. The first-order chi connectivity index (χ1) is 5.75. The van der Waals surface area contributed by atoms with Gasteiger partial charge < -0.3 is 10.4 Å². The summed E-state index contributed by atoms with van der Waals surface area (Å²) < 4.78 is 0. The van der Waals surface area contributed by atoms with E-state index in [1.807, 2.05) is 0 Å². The van der Waals surface area contributed by atoms with Crippen molar-refractivity contribution in [3.05, 3.63) is 0 Å². The van der Waals surface area contributed by atoms with E-state index in [0.717, 1.165) is 19.5 Å². The Balaban J connectivity index is 2.00. The molecule has 1 amide bonds. The van der Waals surface area contributed by atoms with E-state index in [2.05, 4.69) is 10.2 Å². The second-order valence-corrected chi connectivity index (χ2v) is 3.59. The van der Waals surface area contributed by atoms with Crippen molar-refractivity contribution in [1.29, 1.82) is 0 Å². The molecule has 12 heavy (non-hydrogen) atoms. The van der Waals surface area contributed by atoms with E-state index < -0.39 is 0 Å². The van der Waals surface area contributed by atoms with E-state index in [0.29, 0.717) is 19.0 Å². The molecule has 0 radical (unpaired) electrons. The highest BCUT2D eigenvalue weighted by Gasteiger charge is 2.32. The number of amides is 1. The van der Waals surface area contributed by atoms with Crippen LogP contribution in [0.3, 0.4) is 0 Å². The Hall–Kier alpha value is -0.610. The SMILES string of the molecule is O=C1CCN2CC(O)CC2CN1. The highest BCUT2D eigenvalue weighted by molar-refractivity contribution is 5.76. The molecule has 2 aliphatic rings. The molecule has 2 aliphatic heterocycles. The van der Waals surface area contributed by atoms with Gasteiger partial charge in [-0.25, -0.2) is 0 Å². The summed E-state index contributed by atoms with van der Waals surface area (Å²) in [6, 6.07) is 0.367. The van der Waals surface area contributed by atoms with Crippen LogP contribution < -0.4 is 5.32 Å². The number of carbonyl (C=O) groups excluding carboxylic acids is 1. The third-order valence-electron chi connectivity index (χ3n) is 2.67. The number of aliphatic hydroxyl groups excluding tert-OH is 1. The van der Waals surface area contributed by atoms with E-state index >= 15 is 0 Å². The number of aliphatic hydroxyl groups is 1. The largest absolute Gasteiger partial charge is 0.392 e. The number of hydrogen-bond donors (Lipinski definition) is 2. The molecule has 2 rings (SSSR count). The summed E-state index contributed by atoms with van der Waals surface area (Å²) in [5.74, 6) is 0.138. The third kappa shape index (κ3) is 1.44. The van der Waals surface area contributed by atoms with Crippen molar-refractivity contribution in [2.45, 2.75) is 25.0 Å². The molecule has 0 aromatic rings. The molecule has 4 heteroatoms. The molecule has 2 fully saturated rings. The van der Waals surface area contributed by atoms with Crippen LogP contribution in [0.25, 0.3) is 0 Å². The Bertz CT molecular complexity index is 177. The van der Waals surface area contributed by atoms with Crippen molar-refractivity contribution < 1.29 is 9.90 Å². The Kier molecular flexibility index (Phi) is 2.02. The molecule has 2 saturated heterocycles. The van der Waals surface area contributed by atoms with E-state index in [1.54, 1.807) is 0 Å². The molecule has 68 valence electrons. The van der Waals surface area contributed by atoms with Gasteiger partial charge in [-0.15, -0.1) is 0 Å². The topological polar surface area (TPSA) is 52.6 Å². The smallest absolute Gasteiger partial charge is 0.221 e. The number of fused-ring (bicyclic) bond motifs is 1. The molecule has 4 nitrogen and oxygen atoms in total. The first-order valence-corrected chi connectivity index (χ1v) is 4.44. The van der Waals surface area contributed by atoms with Gasteiger partial charge >= 0.3 is 0 Å².